The molecule has 2 rings (SSSR count). The van der Waals surface area contributed by atoms with Gasteiger partial charge in [-0.15, -0.1) is 10.2 Å². The van der Waals surface area contributed by atoms with Gasteiger partial charge in [-0.1, -0.05) is 0 Å². The molecule has 0 spiro atoms. The monoisotopic (exact) mass is 270 g/mol. The molecule has 9 nitrogen and oxygen atoms in total. The number of anilines is 2. The molecule has 18 heavy (non-hydrogen) atoms. The first-order valence-electron chi connectivity index (χ1n) is 5.03. The van der Waals surface area contributed by atoms with Crippen molar-refractivity contribution in [2.75, 3.05) is 23.2 Å². The third kappa shape index (κ3) is 2.00. The number of amides is 1. The Bertz CT molecular complexity index is 582. The Morgan fingerprint density at radius 1 is 1.56 bits per heavy atom. The van der Waals surface area contributed by atoms with Gasteiger partial charge in [-0.05, 0) is 0 Å². The third-order valence-electron chi connectivity index (χ3n) is 2.22. The smallest absolute Gasteiger partial charge is 0.256 e. The highest BCUT2D eigenvalue weighted by atomic mass is 35.5. The predicted octanol–water partition coefficient (Wildman–Crippen LogP) is -0.841. The predicted molar refractivity (Wildman–Crippen MR) is 66.3 cm³/mol. The van der Waals surface area contributed by atoms with Crippen LogP contribution in [0.3, 0.4) is 0 Å². The van der Waals surface area contributed by atoms with Crippen LogP contribution in [0.25, 0.3) is 5.65 Å². The zero-order valence-electron chi connectivity index (χ0n) is 9.22. The highest BCUT2D eigenvalue weighted by Crippen LogP contribution is 2.21. The molecule has 0 fully saturated rings. The van der Waals surface area contributed by atoms with Crippen LogP contribution in [0.4, 0.5) is 11.8 Å². The van der Waals surface area contributed by atoms with E-state index in [0.717, 1.165) is 0 Å². The summed E-state index contributed by atoms with van der Waals surface area (Å²) in [6.45, 7) is 0.921. The summed E-state index contributed by atoms with van der Waals surface area (Å²) in [7, 11) is 0. The van der Waals surface area contributed by atoms with Crippen LogP contribution in [0.2, 0.25) is 0 Å². The molecule has 96 valence electrons. The number of halogens is 1. The molecule has 0 saturated carbocycles. The highest BCUT2D eigenvalue weighted by Gasteiger charge is 2.19. The van der Waals surface area contributed by atoms with Crippen molar-refractivity contribution in [3.63, 3.8) is 0 Å². The van der Waals surface area contributed by atoms with Crippen LogP contribution in [0.5, 0.6) is 0 Å². The summed E-state index contributed by atoms with van der Waals surface area (Å²) in [5.41, 5.74) is 11.0. The Morgan fingerprint density at radius 3 is 2.94 bits per heavy atom. The highest BCUT2D eigenvalue weighted by molar-refractivity contribution is 6.25. The van der Waals surface area contributed by atoms with Gasteiger partial charge >= 0.3 is 0 Å². The first-order valence-corrected chi connectivity index (χ1v) is 5.41. The Kier molecular flexibility index (Phi) is 3.44. The molecule has 0 radical (unpaired) electrons. The van der Waals surface area contributed by atoms with Crippen molar-refractivity contribution in [1.29, 1.82) is 0 Å². The number of hydrogen-bond acceptors (Lipinski definition) is 7. The van der Waals surface area contributed by atoms with E-state index in [1.807, 2.05) is 0 Å². The number of nitrogens with two attached hydrogens (primary N) is 2. The lowest BCUT2D eigenvalue weighted by Gasteiger charge is -2.10. The van der Waals surface area contributed by atoms with Gasteiger partial charge in [-0.25, -0.2) is 0 Å². The standard InChI is InChI=1S/C8H11ClN8O/c9-15-6-4(5(11)18)7-16-13-3-17(7)8(14-6)12-2-1-10/h3,15H,1-2,10H2,(H2,11,18)(H,12,14). The van der Waals surface area contributed by atoms with Gasteiger partial charge in [0, 0.05) is 24.9 Å². The topological polar surface area (TPSA) is 136 Å². The fraction of sp³-hybridized carbons (Fsp3) is 0.250. The van der Waals surface area contributed by atoms with Gasteiger partial charge in [-0.3, -0.25) is 14.0 Å². The molecule has 0 saturated heterocycles. The fourth-order valence-electron chi connectivity index (χ4n) is 1.49. The largest absolute Gasteiger partial charge is 0.365 e. The van der Waals surface area contributed by atoms with Crippen molar-refractivity contribution >= 4 is 35.1 Å². The molecule has 6 N–H and O–H groups in total. The molecule has 0 aliphatic heterocycles. The Balaban J connectivity index is 2.64. The van der Waals surface area contributed by atoms with E-state index < -0.39 is 5.91 Å². The van der Waals surface area contributed by atoms with Crippen molar-refractivity contribution in [2.45, 2.75) is 0 Å². The summed E-state index contributed by atoms with van der Waals surface area (Å²) < 4.78 is 1.49. The number of rotatable bonds is 5. The SMILES string of the molecule is NCCNc1nc(NCl)c(C(N)=O)c2nncn12. The minimum atomic E-state index is -0.700. The van der Waals surface area contributed by atoms with E-state index in [1.54, 1.807) is 0 Å². The summed E-state index contributed by atoms with van der Waals surface area (Å²) in [6.07, 6.45) is 1.41. The first kappa shape index (κ1) is 12.3. The number of carbonyl (C=O) groups is 1. The number of fused-ring (bicyclic) bond motifs is 1. The maximum atomic E-state index is 11.4. The van der Waals surface area contributed by atoms with E-state index >= 15 is 0 Å². The molecular weight excluding hydrogens is 260 g/mol. The van der Waals surface area contributed by atoms with E-state index in [2.05, 4.69) is 25.3 Å². The maximum absolute atomic E-state index is 11.4. The minimum absolute atomic E-state index is 0.0702. The Labute approximate surface area is 107 Å². The Hall–Kier alpha value is -2.13. The number of carbonyl (C=O) groups excluding carboxylic acids is 1. The zero-order chi connectivity index (χ0) is 13.1. The molecule has 2 aromatic rings. The van der Waals surface area contributed by atoms with Crippen molar-refractivity contribution in [1.82, 2.24) is 19.6 Å². The van der Waals surface area contributed by atoms with Gasteiger partial charge in [0.05, 0.1) is 0 Å². The van der Waals surface area contributed by atoms with Crippen molar-refractivity contribution < 1.29 is 4.79 Å². The van der Waals surface area contributed by atoms with Crippen molar-refractivity contribution in [3.8, 4) is 0 Å². The van der Waals surface area contributed by atoms with Crippen LogP contribution in [0.1, 0.15) is 10.4 Å². The molecule has 2 heterocycles. The first-order chi connectivity index (χ1) is 8.69. The second-order valence-corrected chi connectivity index (χ2v) is 3.55. The van der Waals surface area contributed by atoms with Crippen LogP contribution in [0, 0.1) is 0 Å². The molecule has 1 amide bonds. The average molecular weight is 271 g/mol. The van der Waals surface area contributed by atoms with Gasteiger partial charge in [0.25, 0.3) is 5.91 Å². The summed E-state index contributed by atoms with van der Waals surface area (Å²) in [4.78, 5) is 17.8. The van der Waals surface area contributed by atoms with Crippen LogP contribution in [-0.4, -0.2) is 38.6 Å². The third-order valence-corrected chi connectivity index (χ3v) is 2.40. The maximum Gasteiger partial charge on any atom is 0.256 e. The summed E-state index contributed by atoms with van der Waals surface area (Å²) in [5.74, 6) is -0.174. The van der Waals surface area contributed by atoms with E-state index in [1.165, 1.54) is 10.7 Å². The average Bonchev–Trinajstić information content (AvgIpc) is 2.83. The molecule has 0 aromatic carbocycles. The van der Waals surface area contributed by atoms with Crippen LogP contribution in [-0.2, 0) is 0 Å². The Morgan fingerprint density at radius 2 is 2.33 bits per heavy atom. The number of aromatic nitrogens is 4. The fourth-order valence-corrected chi connectivity index (χ4v) is 1.62. The molecule has 2 aromatic heterocycles. The number of primary amides is 1. The van der Waals surface area contributed by atoms with Gasteiger partial charge in [-0.2, -0.15) is 4.98 Å². The lowest BCUT2D eigenvalue weighted by Crippen LogP contribution is -2.20. The van der Waals surface area contributed by atoms with Crippen molar-refractivity contribution in [3.05, 3.63) is 11.9 Å². The molecule has 0 unspecified atom stereocenters. The lowest BCUT2D eigenvalue weighted by atomic mass is 10.3. The quantitative estimate of drug-likeness (QED) is 0.520. The summed E-state index contributed by atoms with van der Waals surface area (Å²) in [5, 5.41) is 10.5. The molecule has 10 heteroatoms. The van der Waals surface area contributed by atoms with E-state index in [-0.39, 0.29) is 17.0 Å². The lowest BCUT2D eigenvalue weighted by molar-refractivity contribution is 0.100. The van der Waals surface area contributed by atoms with Crippen LogP contribution >= 0.6 is 11.8 Å². The van der Waals surface area contributed by atoms with E-state index in [9.17, 15) is 4.79 Å². The summed E-state index contributed by atoms with van der Waals surface area (Å²) >= 11 is 5.52. The molecule has 0 bridgehead atoms. The molecule has 0 atom stereocenters. The van der Waals surface area contributed by atoms with Gasteiger partial charge in [0.2, 0.25) is 5.95 Å². The van der Waals surface area contributed by atoms with Gasteiger partial charge in [0.1, 0.15) is 11.9 Å². The van der Waals surface area contributed by atoms with E-state index in [4.69, 9.17) is 23.2 Å². The molecule has 0 aliphatic carbocycles. The molecular formula is C8H11ClN8O. The van der Waals surface area contributed by atoms with Crippen molar-refractivity contribution in [2.24, 2.45) is 11.5 Å². The van der Waals surface area contributed by atoms with E-state index in [0.29, 0.717) is 19.0 Å². The molecule has 0 aliphatic rings. The second-order valence-electron chi connectivity index (χ2n) is 3.36. The number of nitrogens with one attached hydrogen (secondary N) is 2. The van der Waals surface area contributed by atoms with Gasteiger partial charge in [0.15, 0.2) is 11.5 Å². The van der Waals surface area contributed by atoms with Gasteiger partial charge < -0.3 is 16.8 Å². The summed E-state index contributed by atoms with van der Waals surface area (Å²) in [6, 6.07) is 0. The number of hydrogen-bond donors (Lipinski definition) is 4. The second kappa shape index (κ2) is 5.02. The number of nitrogens with zero attached hydrogens (tertiary/aromatic N) is 4. The normalized spacial score (nSPS) is 10.6. The zero-order valence-corrected chi connectivity index (χ0v) is 9.98. The minimum Gasteiger partial charge on any atom is -0.365 e. The van der Waals surface area contributed by atoms with Crippen LogP contribution < -0.4 is 21.6 Å². The van der Waals surface area contributed by atoms with Crippen LogP contribution in [0.15, 0.2) is 6.33 Å².